The SMILES string of the molecule is c1ccc(-c2nc(N3CCC3)nc3c2CC2(CC2)C3)cc1. The van der Waals surface area contributed by atoms with Crippen molar-refractivity contribution in [2.45, 2.75) is 32.1 Å². The molecule has 106 valence electrons. The molecule has 0 bridgehead atoms. The summed E-state index contributed by atoms with van der Waals surface area (Å²) in [6.45, 7) is 2.22. The molecule has 1 saturated carbocycles. The van der Waals surface area contributed by atoms with Gasteiger partial charge in [-0.15, -0.1) is 0 Å². The molecule has 1 spiro atoms. The number of anilines is 1. The zero-order valence-corrected chi connectivity index (χ0v) is 12.2. The maximum Gasteiger partial charge on any atom is 0.226 e. The lowest BCUT2D eigenvalue weighted by molar-refractivity contribution is 0.545. The van der Waals surface area contributed by atoms with Gasteiger partial charge in [-0.25, -0.2) is 9.97 Å². The molecule has 0 unspecified atom stereocenters. The minimum atomic E-state index is 0.550. The van der Waals surface area contributed by atoms with Crippen LogP contribution in [-0.2, 0) is 12.8 Å². The molecule has 21 heavy (non-hydrogen) atoms. The van der Waals surface area contributed by atoms with Gasteiger partial charge in [-0.2, -0.15) is 0 Å². The molecule has 3 aliphatic rings. The largest absolute Gasteiger partial charge is 0.341 e. The Morgan fingerprint density at radius 1 is 0.952 bits per heavy atom. The van der Waals surface area contributed by atoms with Crippen molar-refractivity contribution >= 4 is 5.95 Å². The zero-order chi connectivity index (χ0) is 13.9. The first-order valence-electron chi connectivity index (χ1n) is 8.03. The lowest BCUT2D eigenvalue weighted by Gasteiger charge is -2.31. The highest BCUT2D eigenvalue weighted by atomic mass is 15.3. The molecule has 0 atom stereocenters. The summed E-state index contributed by atoms with van der Waals surface area (Å²) in [4.78, 5) is 12.2. The van der Waals surface area contributed by atoms with E-state index in [4.69, 9.17) is 9.97 Å². The van der Waals surface area contributed by atoms with Gasteiger partial charge in [0.1, 0.15) is 0 Å². The predicted molar refractivity (Wildman–Crippen MR) is 83.4 cm³/mol. The van der Waals surface area contributed by atoms with Gasteiger partial charge in [0.25, 0.3) is 0 Å². The summed E-state index contributed by atoms with van der Waals surface area (Å²) in [5, 5.41) is 0. The monoisotopic (exact) mass is 277 g/mol. The van der Waals surface area contributed by atoms with Crippen molar-refractivity contribution in [3.63, 3.8) is 0 Å². The number of benzene rings is 1. The Labute approximate surface area is 125 Å². The smallest absolute Gasteiger partial charge is 0.226 e. The summed E-state index contributed by atoms with van der Waals surface area (Å²) >= 11 is 0. The van der Waals surface area contributed by atoms with Crippen LogP contribution >= 0.6 is 0 Å². The molecule has 0 amide bonds. The number of aromatic nitrogens is 2. The molecule has 1 aromatic carbocycles. The van der Waals surface area contributed by atoms with Crippen LogP contribution in [0, 0.1) is 5.41 Å². The minimum absolute atomic E-state index is 0.550. The molecule has 0 radical (unpaired) electrons. The quantitative estimate of drug-likeness (QED) is 0.844. The fourth-order valence-corrected chi connectivity index (χ4v) is 3.66. The van der Waals surface area contributed by atoms with Crippen LogP contribution in [0.1, 0.15) is 30.5 Å². The number of nitrogens with zero attached hydrogens (tertiary/aromatic N) is 3. The van der Waals surface area contributed by atoms with Crippen LogP contribution in [0.15, 0.2) is 30.3 Å². The van der Waals surface area contributed by atoms with Crippen molar-refractivity contribution < 1.29 is 0 Å². The topological polar surface area (TPSA) is 29.0 Å². The van der Waals surface area contributed by atoms with Crippen molar-refractivity contribution in [3.8, 4) is 11.3 Å². The van der Waals surface area contributed by atoms with Gasteiger partial charge in [-0.1, -0.05) is 30.3 Å². The third-order valence-electron chi connectivity index (χ3n) is 5.32. The highest BCUT2D eigenvalue weighted by molar-refractivity contribution is 5.67. The number of hydrogen-bond donors (Lipinski definition) is 0. The zero-order valence-electron chi connectivity index (χ0n) is 12.2. The van der Waals surface area contributed by atoms with Crippen molar-refractivity contribution in [2.24, 2.45) is 5.41 Å². The van der Waals surface area contributed by atoms with Gasteiger partial charge >= 0.3 is 0 Å². The normalized spacial score (nSPS) is 21.2. The highest BCUT2D eigenvalue weighted by Crippen LogP contribution is 2.56. The molecular weight excluding hydrogens is 258 g/mol. The summed E-state index contributed by atoms with van der Waals surface area (Å²) in [5.74, 6) is 0.955. The van der Waals surface area contributed by atoms with Crippen LogP contribution in [0.3, 0.4) is 0 Å². The Balaban J connectivity index is 1.67. The van der Waals surface area contributed by atoms with E-state index < -0.39 is 0 Å². The summed E-state index contributed by atoms with van der Waals surface area (Å²) < 4.78 is 0. The van der Waals surface area contributed by atoms with E-state index in [1.165, 1.54) is 54.6 Å². The average molecular weight is 277 g/mol. The lowest BCUT2D eigenvalue weighted by Crippen LogP contribution is -2.38. The van der Waals surface area contributed by atoms with E-state index in [1.807, 2.05) is 0 Å². The Kier molecular flexibility index (Phi) is 2.27. The van der Waals surface area contributed by atoms with Crippen molar-refractivity contribution in [3.05, 3.63) is 41.6 Å². The van der Waals surface area contributed by atoms with Crippen LogP contribution in [-0.4, -0.2) is 23.1 Å². The molecule has 2 aromatic rings. The Bertz CT molecular complexity index is 700. The van der Waals surface area contributed by atoms with E-state index >= 15 is 0 Å². The molecule has 3 heteroatoms. The first-order chi connectivity index (χ1) is 10.3. The summed E-state index contributed by atoms with van der Waals surface area (Å²) in [6.07, 6.45) is 6.37. The van der Waals surface area contributed by atoms with Crippen LogP contribution in [0.2, 0.25) is 0 Å². The van der Waals surface area contributed by atoms with Gasteiger partial charge in [0.05, 0.1) is 11.4 Å². The Hall–Kier alpha value is -1.90. The molecule has 0 N–H and O–H groups in total. The first-order valence-corrected chi connectivity index (χ1v) is 8.03. The Morgan fingerprint density at radius 2 is 1.76 bits per heavy atom. The van der Waals surface area contributed by atoms with E-state index in [2.05, 4.69) is 35.2 Å². The van der Waals surface area contributed by atoms with Crippen molar-refractivity contribution in [1.29, 1.82) is 0 Å². The third-order valence-corrected chi connectivity index (χ3v) is 5.32. The molecule has 2 aliphatic carbocycles. The van der Waals surface area contributed by atoms with Gasteiger partial charge in [-0.3, -0.25) is 0 Å². The fourth-order valence-electron chi connectivity index (χ4n) is 3.66. The van der Waals surface area contributed by atoms with E-state index in [0.717, 1.165) is 19.0 Å². The van der Waals surface area contributed by atoms with Crippen LogP contribution in [0.5, 0.6) is 0 Å². The first kappa shape index (κ1) is 11.7. The van der Waals surface area contributed by atoms with Gasteiger partial charge in [0.15, 0.2) is 0 Å². The van der Waals surface area contributed by atoms with E-state index in [0.29, 0.717) is 5.41 Å². The third kappa shape index (κ3) is 1.80. The van der Waals surface area contributed by atoms with Crippen LogP contribution in [0.4, 0.5) is 5.95 Å². The standard InChI is InChI=1S/C18H19N3/c1-2-5-13(6-3-1)16-14-11-18(7-8-18)12-15(14)19-17(20-16)21-9-4-10-21/h1-3,5-6H,4,7-12H2. The minimum Gasteiger partial charge on any atom is -0.341 e. The summed E-state index contributed by atoms with van der Waals surface area (Å²) in [6, 6.07) is 10.6. The van der Waals surface area contributed by atoms with Gasteiger partial charge in [-0.05, 0) is 37.5 Å². The average Bonchev–Trinajstić information content (AvgIpc) is 3.08. The maximum absolute atomic E-state index is 4.94. The fraction of sp³-hybridized carbons (Fsp3) is 0.444. The predicted octanol–water partition coefficient (Wildman–Crippen LogP) is 3.23. The second-order valence-electron chi connectivity index (χ2n) is 6.86. The van der Waals surface area contributed by atoms with Crippen LogP contribution < -0.4 is 4.90 Å². The molecule has 2 fully saturated rings. The van der Waals surface area contributed by atoms with Crippen molar-refractivity contribution in [2.75, 3.05) is 18.0 Å². The van der Waals surface area contributed by atoms with E-state index in [9.17, 15) is 0 Å². The Morgan fingerprint density at radius 3 is 2.43 bits per heavy atom. The molecule has 5 rings (SSSR count). The number of fused-ring (bicyclic) bond motifs is 1. The summed E-state index contributed by atoms with van der Waals surface area (Å²) in [5.41, 5.74) is 5.72. The maximum atomic E-state index is 4.94. The highest BCUT2D eigenvalue weighted by Gasteiger charge is 2.49. The van der Waals surface area contributed by atoms with E-state index in [1.54, 1.807) is 0 Å². The molecule has 3 nitrogen and oxygen atoms in total. The molecular formula is C18H19N3. The molecule has 1 saturated heterocycles. The summed E-state index contributed by atoms with van der Waals surface area (Å²) in [7, 11) is 0. The second kappa shape index (κ2) is 4.06. The number of hydrogen-bond acceptors (Lipinski definition) is 3. The van der Waals surface area contributed by atoms with Gasteiger partial charge < -0.3 is 4.90 Å². The van der Waals surface area contributed by atoms with Gasteiger partial charge in [0, 0.05) is 24.2 Å². The molecule has 1 aromatic heterocycles. The molecule has 2 heterocycles. The number of rotatable bonds is 2. The second-order valence-corrected chi connectivity index (χ2v) is 6.86. The van der Waals surface area contributed by atoms with Gasteiger partial charge in [0.2, 0.25) is 5.95 Å². The van der Waals surface area contributed by atoms with Crippen LogP contribution in [0.25, 0.3) is 11.3 Å². The van der Waals surface area contributed by atoms with Crippen molar-refractivity contribution in [1.82, 2.24) is 9.97 Å². The van der Waals surface area contributed by atoms with E-state index in [-0.39, 0.29) is 0 Å². The molecule has 1 aliphatic heterocycles. The lowest BCUT2D eigenvalue weighted by atomic mass is 10.0.